The molecule has 0 aromatic heterocycles. The normalized spacial score (nSPS) is 11.0. The predicted octanol–water partition coefficient (Wildman–Crippen LogP) is 2.11. The molecule has 19 heavy (non-hydrogen) atoms. The molecule has 2 aromatic carbocycles. The molecule has 0 heterocycles. The first-order valence-corrected chi connectivity index (χ1v) is 7.16. The molecule has 0 saturated carbocycles. The first-order valence-electron chi connectivity index (χ1n) is 5.67. The zero-order chi connectivity index (χ0) is 13.9. The van der Waals surface area contributed by atoms with Crippen molar-refractivity contribution in [2.24, 2.45) is 0 Å². The maximum atomic E-state index is 12.1. The fourth-order valence-corrected chi connectivity index (χ4v) is 2.65. The number of hydrogen-bond donors (Lipinski definition) is 3. The van der Waals surface area contributed by atoms with Crippen molar-refractivity contribution in [1.29, 1.82) is 0 Å². The van der Waals surface area contributed by atoms with Gasteiger partial charge >= 0.3 is 0 Å². The summed E-state index contributed by atoms with van der Waals surface area (Å²) in [6.45, 7) is 0. The largest absolute Gasteiger partial charge is 0.399 e. The maximum absolute atomic E-state index is 12.1. The van der Waals surface area contributed by atoms with Crippen LogP contribution >= 0.6 is 0 Å². The van der Waals surface area contributed by atoms with E-state index in [0.717, 1.165) is 5.69 Å². The van der Waals surface area contributed by atoms with Gasteiger partial charge < -0.3 is 11.1 Å². The maximum Gasteiger partial charge on any atom is 0.261 e. The molecule has 0 amide bonds. The van der Waals surface area contributed by atoms with Gasteiger partial charge in [-0.1, -0.05) is 6.07 Å². The van der Waals surface area contributed by atoms with Gasteiger partial charge in [0.15, 0.2) is 0 Å². The molecule has 6 heteroatoms. The Morgan fingerprint density at radius 1 is 1.00 bits per heavy atom. The van der Waals surface area contributed by atoms with Gasteiger partial charge in [-0.2, -0.15) is 0 Å². The fraction of sp³-hybridized carbons (Fsp3) is 0.0769. The van der Waals surface area contributed by atoms with Gasteiger partial charge in [-0.25, -0.2) is 8.42 Å². The van der Waals surface area contributed by atoms with E-state index in [4.69, 9.17) is 5.73 Å². The Kier molecular flexibility index (Phi) is 3.62. The summed E-state index contributed by atoms with van der Waals surface area (Å²) in [7, 11) is -1.82. The van der Waals surface area contributed by atoms with Crippen molar-refractivity contribution in [3.05, 3.63) is 48.5 Å². The summed E-state index contributed by atoms with van der Waals surface area (Å²) in [5, 5.41) is 2.95. The number of rotatable bonds is 4. The lowest BCUT2D eigenvalue weighted by Crippen LogP contribution is -2.13. The van der Waals surface area contributed by atoms with Gasteiger partial charge in [0.25, 0.3) is 10.0 Å². The second-order valence-corrected chi connectivity index (χ2v) is 5.69. The number of sulfonamides is 1. The van der Waals surface area contributed by atoms with Crippen molar-refractivity contribution in [2.45, 2.75) is 4.90 Å². The van der Waals surface area contributed by atoms with E-state index in [-0.39, 0.29) is 4.90 Å². The lowest BCUT2D eigenvalue weighted by molar-refractivity contribution is 0.601. The lowest BCUT2D eigenvalue weighted by atomic mass is 10.3. The molecule has 0 spiro atoms. The minimum atomic E-state index is -3.59. The molecule has 5 nitrogen and oxygen atoms in total. The predicted molar refractivity (Wildman–Crippen MR) is 77.7 cm³/mol. The Labute approximate surface area is 112 Å². The highest BCUT2D eigenvalue weighted by molar-refractivity contribution is 7.92. The molecule has 0 aliphatic rings. The summed E-state index contributed by atoms with van der Waals surface area (Å²) in [5.41, 5.74) is 7.40. The van der Waals surface area contributed by atoms with E-state index >= 15 is 0 Å². The van der Waals surface area contributed by atoms with Gasteiger partial charge in [-0.15, -0.1) is 0 Å². The number of benzene rings is 2. The lowest BCUT2D eigenvalue weighted by Gasteiger charge is -2.09. The summed E-state index contributed by atoms with van der Waals surface area (Å²) >= 11 is 0. The van der Waals surface area contributed by atoms with Crippen LogP contribution in [0, 0.1) is 0 Å². The molecule has 0 aliphatic carbocycles. The zero-order valence-corrected chi connectivity index (χ0v) is 11.2. The second-order valence-electron chi connectivity index (χ2n) is 4.01. The highest BCUT2D eigenvalue weighted by atomic mass is 32.2. The molecule has 0 fully saturated rings. The van der Waals surface area contributed by atoms with E-state index in [1.165, 1.54) is 12.1 Å². The summed E-state index contributed by atoms with van der Waals surface area (Å²) in [6.07, 6.45) is 0. The van der Waals surface area contributed by atoms with Crippen molar-refractivity contribution < 1.29 is 8.42 Å². The fourth-order valence-electron chi connectivity index (χ4n) is 1.60. The van der Waals surface area contributed by atoms with E-state index in [0.29, 0.717) is 11.4 Å². The molecular formula is C13H15N3O2S. The van der Waals surface area contributed by atoms with E-state index < -0.39 is 10.0 Å². The van der Waals surface area contributed by atoms with Gasteiger partial charge in [0.1, 0.15) is 0 Å². The van der Waals surface area contributed by atoms with E-state index in [9.17, 15) is 8.42 Å². The monoisotopic (exact) mass is 277 g/mol. The summed E-state index contributed by atoms with van der Waals surface area (Å²) in [4.78, 5) is 0.177. The Hall–Kier alpha value is -2.21. The summed E-state index contributed by atoms with van der Waals surface area (Å²) < 4.78 is 26.8. The topological polar surface area (TPSA) is 84.2 Å². The molecule has 0 atom stereocenters. The van der Waals surface area contributed by atoms with Crippen LogP contribution in [0.5, 0.6) is 0 Å². The molecule has 0 unspecified atom stereocenters. The Balaban J connectivity index is 2.28. The average Bonchev–Trinajstić information content (AvgIpc) is 2.39. The van der Waals surface area contributed by atoms with Crippen molar-refractivity contribution in [3.63, 3.8) is 0 Å². The smallest absolute Gasteiger partial charge is 0.261 e. The molecule has 0 aliphatic heterocycles. The first-order chi connectivity index (χ1) is 9.01. The van der Waals surface area contributed by atoms with Crippen LogP contribution in [0.25, 0.3) is 0 Å². The highest BCUT2D eigenvalue weighted by Crippen LogP contribution is 2.19. The molecule has 0 saturated heterocycles. The van der Waals surface area contributed by atoms with Crippen LogP contribution in [-0.4, -0.2) is 15.5 Å². The average molecular weight is 277 g/mol. The summed E-state index contributed by atoms with van der Waals surface area (Å²) in [5.74, 6) is 0. The van der Waals surface area contributed by atoms with Crippen LogP contribution in [0.3, 0.4) is 0 Å². The molecule has 2 rings (SSSR count). The van der Waals surface area contributed by atoms with Crippen LogP contribution in [0.1, 0.15) is 0 Å². The van der Waals surface area contributed by atoms with E-state index in [1.807, 2.05) is 6.07 Å². The minimum absolute atomic E-state index is 0.177. The van der Waals surface area contributed by atoms with Gasteiger partial charge in [-0.05, 0) is 42.5 Å². The molecule has 0 radical (unpaired) electrons. The van der Waals surface area contributed by atoms with Crippen LogP contribution in [-0.2, 0) is 10.0 Å². The third-order valence-corrected chi connectivity index (χ3v) is 3.99. The van der Waals surface area contributed by atoms with Crippen LogP contribution in [0.2, 0.25) is 0 Å². The molecule has 100 valence electrons. The summed E-state index contributed by atoms with van der Waals surface area (Å²) in [6, 6.07) is 13.1. The third kappa shape index (κ3) is 3.17. The van der Waals surface area contributed by atoms with Crippen molar-refractivity contribution in [2.75, 3.05) is 22.8 Å². The van der Waals surface area contributed by atoms with Crippen molar-refractivity contribution in [1.82, 2.24) is 0 Å². The quantitative estimate of drug-likeness (QED) is 0.747. The van der Waals surface area contributed by atoms with E-state index in [1.54, 1.807) is 37.4 Å². The number of hydrogen-bond acceptors (Lipinski definition) is 4. The van der Waals surface area contributed by atoms with Crippen LogP contribution < -0.4 is 15.8 Å². The van der Waals surface area contributed by atoms with Crippen molar-refractivity contribution >= 4 is 27.1 Å². The molecular weight excluding hydrogens is 262 g/mol. The molecule has 2 aromatic rings. The van der Waals surface area contributed by atoms with Crippen molar-refractivity contribution in [3.8, 4) is 0 Å². The van der Waals surface area contributed by atoms with Crippen LogP contribution in [0.4, 0.5) is 17.1 Å². The number of nitrogens with one attached hydrogen (secondary N) is 2. The van der Waals surface area contributed by atoms with Gasteiger partial charge in [0.05, 0.1) is 10.6 Å². The SMILES string of the molecule is CNc1cccc(NS(=O)(=O)c2ccc(N)cc2)c1. The standard InChI is InChI=1S/C13H15N3O2S/c1-15-11-3-2-4-12(9-11)16-19(17,18)13-7-5-10(14)6-8-13/h2-9,15-16H,14H2,1H3. The van der Waals surface area contributed by atoms with Gasteiger partial charge in [0.2, 0.25) is 0 Å². The van der Waals surface area contributed by atoms with Gasteiger partial charge in [-0.3, -0.25) is 4.72 Å². The van der Waals surface area contributed by atoms with Crippen LogP contribution in [0.15, 0.2) is 53.4 Å². The number of nitrogens with two attached hydrogens (primary N) is 1. The van der Waals surface area contributed by atoms with E-state index in [2.05, 4.69) is 10.0 Å². The number of anilines is 3. The molecule has 0 bridgehead atoms. The minimum Gasteiger partial charge on any atom is -0.399 e. The number of nitrogen functional groups attached to an aromatic ring is 1. The van der Waals surface area contributed by atoms with Gasteiger partial charge in [0, 0.05) is 18.4 Å². The zero-order valence-electron chi connectivity index (χ0n) is 10.4. The second kappa shape index (κ2) is 5.19. The molecule has 4 N–H and O–H groups in total. The Morgan fingerprint density at radius 2 is 1.63 bits per heavy atom. The Bertz CT molecular complexity index is 667. The highest BCUT2D eigenvalue weighted by Gasteiger charge is 2.13. The third-order valence-electron chi connectivity index (χ3n) is 2.59. The Morgan fingerprint density at radius 3 is 2.26 bits per heavy atom. The first kappa shape index (κ1) is 13.2.